The lowest BCUT2D eigenvalue weighted by Crippen LogP contribution is -2.45. The third kappa shape index (κ3) is 3.38. The molecule has 5 heteroatoms. The first kappa shape index (κ1) is 14.1. The molecule has 0 saturated carbocycles. The Kier molecular flexibility index (Phi) is 4.40. The molecule has 2 amide bonds. The Morgan fingerprint density at radius 3 is 2.55 bits per heavy atom. The number of carboxylic acid groups (broad SMARTS) is 1. The Hall–Kier alpha value is -2.30. The average Bonchev–Trinajstić information content (AvgIpc) is 2.46. The van der Waals surface area contributed by atoms with E-state index in [-0.39, 0.29) is 6.03 Å². The van der Waals surface area contributed by atoms with Crippen LogP contribution in [-0.2, 0) is 4.79 Å². The summed E-state index contributed by atoms with van der Waals surface area (Å²) in [6.07, 6.45) is 2.82. The molecule has 1 aromatic carbocycles. The van der Waals surface area contributed by atoms with Crippen molar-refractivity contribution in [3.05, 3.63) is 47.5 Å². The Bertz CT molecular complexity index is 525. The summed E-state index contributed by atoms with van der Waals surface area (Å²) in [5.41, 5.74) is 1.82. The molecule has 0 unspecified atom stereocenters. The Balaban J connectivity index is 2.06. The number of nitrogens with zero attached hydrogens (tertiary/aromatic N) is 1. The molecular weight excluding hydrogens is 256 g/mol. The van der Waals surface area contributed by atoms with Crippen molar-refractivity contribution in [1.82, 2.24) is 10.2 Å². The predicted molar refractivity (Wildman–Crippen MR) is 75.3 cm³/mol. The van der Waals surface area contributed by atoms with E-state index in [1.54, 1.807) is 29.2 Å². The fourth-order valence-corrected chi connectivity index (χ4v) is 2.10. The van der Waals surface area contributed by atoms with Crippen LogP contribution in [0.2, 0.25) is 0 Å². The van der Waals surface area contributed by atoms with Crippen molar-refractivity contribution in [3.63, 3.8) is 0 Å². The molecule has 0 aliphatic carbocycles. The molecule has 0 radical (unpaired) electrons. The van der Waals surface area contributed by atoms with Gasteiger partial charge in [0.25, 0.3) is 0 Å². The number of amides is 2. The highest BCUT2D eigenvalue weighted by Crippen LogP contribution is 2.15. The number of urea groups is 1. The highest BCUT2D eigenvalue weighted by atomic mass is 16.4. The van der Waals surface area contributed by atoms with Crippen LogP contribution in [0.5, 0.6) is 0 Å². The van der Waals surface area contributed by atoms with E-state index in [4.69, 9.17) is 0 Å². The molecule has 2 N–H and O–H groups in total. The van der Waals surface area contributed by atoms with Gasteiger partial charge in [0.15, 0.2) is 6.04 Å². The SMILES string of the molecule is CC1=CCN(C(=O)N[C@H](C(=O)O)c2ccccc2)CC1. The summed E-state index contributed by atoms with van der Waals surface area (Å²) >= 11 is 0. The number of hydrogen-bond donors (Lipinski definition) is 2. The number of rotatable bonds is 3. The summed E-state index contributed by atoms with van der Waals surface area (Å²) < 4.78 is 0. The van der Waals surface area contributed by atoms with Crippen molar-refractivity contribution in [2.75, 3.05) is 13.1 Å². The van der Waals surface area contributed by atoms with Gasteiger partial charge in [0.05, 0.1) is 0 Å². The van der Waals surface area contributed by atoms with Gasteiger partial charge in [-0.1, -0.05) is 42.0 Å². The average molecular weight is 274 g/mol. The normalized spacial score (nSPS) is 16.2. The van der Waals surface area contributed by atoms with Gasteiger partial charge in [0.2, 0.25) is 0 Å². The van der Waals surface area contributed by atoms with E-state index in [2.05, 4.69) is 5.32 Å². The highest BCUT2D eigenvalue weighted by molar-refractivity contribution is 5.83. The molecule has 0 fully saturated rings. The zero-order valence-electron chi connectivity index (χ0n) is 11.4. The minimum absolute atomic E-state index is 0.343. The van der Waals surface area contributed by atoms with Crippen molar-refractivity contribution >= 4 is 12.0 Å². The third-order valence-electron chi connectivity index (χ3n) is 3.37. The lowest BCUT2D eigenvalue weighted by Gasteiger charge is -2.27. The van der Waals surface area contributed by atoms with Gasteiger partial charge in [0, 0.05) is 13.1 Å². The molecular formula is C15H18N2O3. The standard InChI is InChI=1S/C15H18N2O3/c1-11-7-9-17(10-8-11)15(20)16-13(14(18)19)12-5-3-2-4-6-12/h2-7,13H,8-10H2,1H3,(H,16,20)(H,18,19)/t13-/m0/s1. The van der Waals surface area contributed by atoms with E-state index in [9.17, 15) is 14.7 Å². The van der Waals surface area contributed by atoms with E-state index < -0.39 is 12.0 Å². The molecule has 0 bridgehead atoms. The number of nitrogens with one attached hydrogen (secondary N) is 1. The van der Waals surface area contributed by atoms with Crippen LogP contribution in [0.4, 0.5) is 4.79 Å². The summed E-state index contributed by atoms with van der Waals surface area (Å²) in [7, 11) is 0. The largest absolute Gasteiger partial charge is 0.479 e. The summed E-state index contributed by atoms with van der Waals surface area (Å²) in [6, 6.07) is 7.34. The fraction of sp³-hybridized carbons (Fsp3) is 0.333. The third-order valence-corrected chi connectivity index (χ3v) is 3.37. The van der Waals surface area contributed by atoms with Crippen molar-refractivity contribution in [1.29, 1.82) is 0 Å². The number of carbonyl (C=O) groups excluding carboxylic acids is 1. The number of hydrogen-bond acceptors (Lipinski definition) is 2. The molecule has 0 aromatic heterocycles. The van der Waals surface area contributed by atoms with Crippen LogP contribution in [0.1, 0.15) is 24.9 Å². The summed E-state index contributed by atoms with van der Waals surface area (Å²) in [5.74, 6) is -1.06. The zero-order valence-corrected chi connectivity index (χ0v) is 11.4. The molecule has 1 heterocycles. The molecule has 1 aliphatic heterocycles. The van der Waals surface area contributed by atoms with Crippen molar-refractivity contribution in [2.45, 2.75) is 19.4 Å². The Morgan fingerprint density at radius 2 is 2.00 bits per heavy atom. The van der Waals surface area contributed by atoms with Gasteiger partial charge in [0.1, 0.15) is 0 Å². The number of aliphatic carboxylic acids is 1. The predicted octanol–water partition coefficient (Wildman–Crippen LogP) is 2.17. The molecule has 20 heavy (non-hydrogen) atoms. The van der Waals surface area contributed by atoms with Gasteiger partial charge >= 0.3 is 12.0 Å². The van der Waals surface area contributed by atoms with Gasteiger partial charge in [-0.25, -0.2) is 9.59 Å². The van der Waals surface area contributed by atoms with Gasteiger partial charge in [-0.05, 0) is 18.9 Å². The Labute approximate surface area is 117 Å². The smallest absolute Gasteiger partial charge is 0.330 e. The van der Waals surface area contributed by atoms with Crippen molar-refractivity contribution < 1.29 is 14.7 Å². The second kappa shape index (κ2) is 6.23. The first-order chi connectivity index (χ1) is 9.58. The first-order valence-electron chi connectivity index (χ1n) is 6.57. The van der Waals surface area contributed by atoms with E-state index >= 15 is 0 Å². The second-order valence-electron chi connectivity index (χ2n) is 4.88. The Morgan fingerprint density at radius 1 is 1.30 bits per heavy atom. The van der Waals surface area contributed by atoms with Crippen molar-refractivity contribution in [3.8, 4) is 0 Å². The number of benzene rings is 1. The molecule has 1 aliphatic rings. The van der Waals surface area contributed by atoms with Gasteiger partial charge in [-0.2, -0.15) is 0 Å². The topological polar surface area (TPSA) is 69.6 Å². The zero-order chi connectivity index (χ0) is 14.5. The number of carbonyl (C=O) groups is 2. The van der Waals surface area contributed by atoms with E-state index in [1.165, 1.54) is 5.57 Å². The van der Waals surface area contributed by atoms with Crippen LogP contribution in [0, 0.1) is 0 Å². The summed E-state index contributed by atoms with van der Waals surface area (Å²) in [4.78, 5) is 25.1. The second-order valence-corrected chi connectivity index (χ2v) is 4.88. The minimum atomic E-state index is -1.06. The highest BCUT2D eigenvalue weighted by Gasteiger charge is 2.25. The van der Waals surface area contributed by atoms with Crippen LogP contribution < -0.4 is 5.32 Å². The monoisotopic (exact) mass is 274 g/mol. The van der Waals surface area contributed by atoms with Gasteiger partial charge in [-0.15, -0.1) is 0 Å². The van der Waals surface area contributed by atoms with Crippen LogP contribution in [-0.4, -0.2) is 35.1 Å². The van der Waals surface area contributed by atoms with Crippen LogP contribution in [0.25, 0.3) is 0 Å². The molecule has 106 valence electrons. The van der Waals surface area contributed by atoms with Crippen molar-refractivity contribution in [2.24, 2.45) is 0 Å². The van der Waals surface area contributed by atoms with Crippen LogP contribution >= 0.6 is 0 Å². The quantitative estimate of drug-likeness (QED) is 0.830. The molecule has 0 spiro atoms. The molecule has 0 saturated heterocycles. The van der Waals surface area contributed by atoms with Gasteiger partial charge < -0.3 is 15.3 Å². The lowest BCUT2D eigenvalue weighted by molar-refractivity contribution is -0.139. The lowest BCUT2D eigenvalue weighted by atomic mass is 10.1. The maximum absolute atomic E-state index is 12.1. The number of carboxylic acids is 1. The maximum atomic E-state index is 12.1. The first-order valence-corrected chi connectivity index (χ1v) is 6.57. The molecule has 1 aromatic rings. The molecule has 1 atom stereocenters. The van der Waals surface area contributed by atoms with E-state index in [0.29, 0.717) is 18.7 Å². The maximum Gasteiger partial charge on any atom is 0.330 e. The molecule has 2 rings (SSSR count). The summed E-state index contributed by atoms with van der Waals surface area (Å²) in [5, 5.41) is 11.8. The fourth-order valence-electron chi connectivity index (χ4n) is 2.10. The van der Waals surface area contributed by atoms with E-state index in [0.717, 1.165) is 6.42 Å². The summed E-state index contributed by atoms with van der Waals surface area (Å²) in [6.45, 7) is 3.17. The van der Waals surface area contributed by atoms with E-state index in [1.807, 2.05) is 19.1 Å². The minimum Gasteiger partial charge on any atom is -0.479 e. The van der Waals surface area contributed by atoms with Crippen LogP contribution in [0.3, 0.4) is 0 Å². The van der Waals surface area contributed by atoms with Crippen LogP contribution in [0.15, 0.2) is 42.0 Å². The molecule has 5 nitrogen and oxygen atoms in total. The van der Waals surface area contributed by atoms with Gasteiger partial charge in [-0.3, -0.25) is 0 Å².